The molecule has 2 heterocycles. The first kappa shape index (κ1) is 15.4. The number of nitrogen functional groups attached to an aromatic ring is 1. The number of pyridine rings is 2. The number of nitrogens with zero attached hydrogens (tertiary/aromatic N) is 4. The van der Waals surface area contributed by atoms with Gasteiger partial charge in [0.05, 0.1) is 17.6 Å². The largest absolute Gasteiger partial charge is 0.384 e. The second-order valence-corrected chi connectivity index (χ2v) is 5.35. The van der Waals surface area contributed by atoms with Gasteiger partial charge in [0.25, 0.3) is 0 Å². The fourth-order valence-electron chi connectivity index (χ4n) is 2.49. The molecule has 0 saturated heterocycles. The zero-order chi connectivity index (χ0) is 17.1. The zero-order valence-corrected chi connectivity index (χ0v) is 13.1. The molecule has 6 nitrogen and oxygen atoms in total. The molecule has 0 aliphatic rings. The Morgan fingerprint density at radius 3 is 2.83 bits per heavy atom. The van der Waals surface area contributed by atoms with Crippen LogP contribution in [0.1, 0.15) is 18.1 Å². The van der Waals surface area contributed by atoms with Crippen molar-refractivity contribution in [3.05, 3.63) is 59.8 Å². The van der Waals surface area contributed by atoms with Crippen molar-refractivity contribution in [2.45, 2.75) is 13.5 Å². The molecule has 1 aromatic carbocycles. The van der Waals surface area contributed by atoms with Crippen LogP contribution in [-0.4, -0.2) is 15.9 Å². The van der Waals surface area contributed by atoms with Gasteiger partial charge < -0.3 is 5.73 Å². The number of carbonyl (C=O) groups excluding carboxylic acids is 1. The zero-order valence-electron chi connectivity index (χ0n) is 13.1. The topological polar surface area (TPSA) is 95.9 Å². The molecule has 6 heteroatoms. The number of nitriles is 1. The average molecular weight is 317 g/mol. The lowest BCUT2D eigenvalue weighted by Crippen LogP contribution is -2.29. The lowest BCUT2D eigenvalue weighted by Gasteiger charge is -2.21. The molecule has 2 aromatic heterocycles. The van der Waals surface area contributed by atoms with Crippen molar-refractivity contribution < 1.29 is 4.79 Å². The van der Waals surface area contributed by atoms with Crippen molar-refractivity contribution >= 4 is 28.4 Å². The van der Waals surface area contributed by atoms with Gasteiger partial charge in [0.1, 0.15) is 11.9 Å². The minimum Gasteiger partial charge on any atom is -0.384 e. The van der Waals surface area contributed by atoms with Crippen LogP contribution in [0.4, 0.5) is 11.6 Å². The summed E-state index contributed by atoms with van der Waals surface area (Å²) in [4.78, 5) is 22.0. The highest BCUT2D eigenvalue weighted by Crippen LogP contribution is 2.21. The monoisotopic (exact) mass is 317 g/mol. The summed E-state index contributed by atoms with van der Waals surface area (Å²) in [6, 6.07) is 14.8. The van der Waals surface area contributed by atoms with Gasteiger partial charge in [-0.2, -0.15) is 5.26 Å². The molecule has 2 N–H and O–H groups in total. The maximum absolute atomic E-state index is 12.1. The number of hydrogen-bond acceptors (Lipinski definition) is 5. The summed E-state index contributed by atoms with van der Waals surface area (Å²) in [5.74, 6) is 0.610. The molecule has 0 atom stereocenters. The number of carbonyl (C=O) groups is 1. The van der Waals surface area contributed by atoms with Crippen LogP contribution in [0.15, 0.2) is 48.7 Å². The smallest absolute Gasteiger partial charge is 0.225 e. The highest BCUT2D eigenvalue weighted by molar-refractivity contribution is 5.92. The SMILES string of the molecule is CC(=O)N(Cc1ccc2ccc(N)nc2c1)c1ncccc1C#N. The Morgan fingerprint density at radius 1 is 1.29 bits per heavy atom. The normalized spacial score (nSPS) is 10.3. The quantitative estimate of drug-likeness (QED) is 0.801. The van der Waals surface area contributed by atoms with E-state index in [0.717, 1.165) is 16.5 Å². The van der Waals surface area contributed by atoms with Crippen LogP contribution in [-0.2, 0) is 11.3 Å². The van der Waals surface area contributed by atoms with Gasteiger partial charge >= 0.3 is 0 Å². The summed E-state index contributed by atoms with van der Waals surface area (Å²) >= 11 is 0. The van der Waals surface area contributed by atoms with Gasteiger partial charge in [-0.05, 0) is 35.9 Å². The number of aromatic nitrogens is 2. The lowest BCUT2D eigenvalue weighted by atomic mass is 10.1. The fourth-order valence-corrected chi connectivity index (χ4v) is 2.49. The standard InChI is InChI=1S/C18H15N5O/c1-12(24)23(18-15(10-19)3-2-8-21-18)11-13-4-5-14-6-7-17(20)22-16(14)9-13/h2-9H,11H2,1H3,(H2,20,22). The van der Waals surface area contributed by atoms with Gasteiger partial charge in [-0.15, -0.1) is 0 Å². The summed E-state index contributed by atoms with van der Waals surface area (Å²) in [7, 11) is 0. The van der Waals surface area contributed by atoms with Crippen molar-refractivity contribution in [3.8, 4) is 6.07 Å². The summed E-state index contributed by atoms with van der Waals surface area (Å²) in [5.41, 5.74) is 7.73. The van der Waals surface area contributed by atoms with E-state index in [4.69, 9.17) is 5.73 Å². The van der Waals surface area contributed by atoms with E-state index in [1.807, 2.05) is 24.3 Å². The molecule has 0 aliphatic heterocycles. The van der Waals surface area contributed by atoms with Gasteiger partial charge in [-0.25, -0.2) is 9.97 Å². The Morgan fingerprint density at radius 2 is 2.08 bits per heavy atom. The third-order valence-corrected chi connectivity index (χ3v) is 3.66. The number of hydrogen-bond donors (Lipinski definition) is 1. The van der Waals surface area contributed by atoms with E-state index in [9.17, 15) is 10.1 Å². The molecule has 3 rings (SSSR count). The van der Waals surface area contributed by atoms with Crippen molar-refractivity contribution in [1.82, 2.24) is 9.97 Å². The van der Waals surface area contributed by atoms with Crippen molar-refractivity contribution in [2.75, 3.05) is 10.6 Å². The second-order valence-electron chi connectivity index (χ2n) is 5.35. The van der Waals surface area contributed by atoms with E-state index in [1.54, 1.807) is 24.4 Å². The molecule has 24 heavy (non-hydrogen) atoms. The number of nitrogens with two attached hydrogens (primary N) is 1. The average Bonchev–Trinajstić information content (AvgIpc) is 2.59. The molecule has 0 unspecified atom stereocenters. The molecule has 3 aromatic rings. The van der Waals surface area contributed by atoms with E-state index in [-0.39, 0.29) is 5.91 Å². The number of benzene rings is 1. The van der Waals surface area contributed by atoms with Crippen LogP contribution < -0.4 is 10.6 Å². The third-order valence-electron chi connectivity index (χ3n) is 3.66. The van der Waals surface area contributed by atoms with Crippen molar-refractivity contribution in [2.24, 2.45) is 0 Å². The second kappa shape index (κ2) is 6.34. The molecule has 0 fully saturated rings. The van der Waals surface area contributed by atoms with E-state index in [2.05, 4.69) is 16.0 Å². The Hall–Kier alpha value is -3.46. The van der Waals surface area contributed by atoms with Gasteiger partial charge in [0.15, 0.2) is 5.82 Å². The van der Waals surface area contributed by atoms with E-state index < -0.39 is 0 Å². The Bertz CT molecular complexity index is 961. The van der Waals surface area contributed by atoms with E-state index >= 15 is 0 Å². The van der Waals surface area contributed by atoms with Gasteiger partial charge in [0.2, 0.25) is 5.91 Å². The molecule has 0 radical (unpaired) electrons. The third kappa shape index (κ3) is 3.01. The van der Waals surface area contributed by atoms with Crippen molar-refractivity contribution in [1.29, 1.82) is 5.26 Å². The molecule has 0 saturated carbocycles. The minimum absolute atomic E-state index is 0.189. The fraction of sp³-hybridized carbons (Fsp3) is 0.111. The molecule has 118 valence electrons. The van der Waals surface area contributed by atoms with Crippen LogP contribution in [0.25, 0.3) is 10.9 Å². The Kier molecular flexibility index (Phi) is 4.08. The van der Waals surface area contributed by atoms with Gasteiger partial charge in [-0.3, -0.25) is 9.69 Å². The lowest BCUT2D eigenvalue weighted by molar-refractivity contribution is -0.116. The van der Waals surface area contributed by atoms with Crippen LogP contribution in [0.5, 0.6) is 0 Å². The van der Waals surface area contributed by atoms with Crippen LogP contribution in [0.3, 0.4) is 0 Å². The number of rotatable bonds is 3. The first-order chi connectivity index (χ1) is 11.6. The summed E-state index contributed by atoms with van der Waals surface area (Å²) < 4.78 is 0. The number of amides is 1. The summed E-state index contributed by atoms with van der Waals surface area (Å²) in [6.07, 6.45) is 1.56. The summed E-state index contributed by atoms with van der Waals surface area (Å²) in [5, 5.41) is 10.2. The molecule has 0 aliphatic carbocycles. The van der Waals surface area contributed by atoms with Crippen LogP contribution >= 0.6 is 0 Å². The van der Waals surface area contributed by atoms with Gasteiger partial charge in [0, 0.05) is 18.5 Å². The molecular formula is C18H15N5O. The van der Waals surface area contributed by atoms with Crippen molar-refractivity contribution in [3.63, 3.8) is 0 Å². The Balaban J connectivity index is 2.00. The Labute approximate surface area is 139 Å². The molecule has 0 spiro atoms. The molecule has 1 amide bonds. The van der Waals surface area contributed by atoms with E-state index in [1.165, 1.54) is 11.8 Å². The molecule has 0 bridgehead atoms. The van der Waals surface area contributed by atoms with Crippen LogP contribution in [0.2, 0.25) is 0 Å². The maximum Gasteiger partial charge on any atom is 0.225 e. The highest BCUT2D eigenvalue weighted by atomic mass is 16.2. The predicted molar refractivity (Wildman–Crippen MR) is 92.0 cm³/mol. The van der Waals surface area contributed by atoms with E-state index in [0.29, 0.717) is 23.7 Å². The maximum atomic E-state index is 12.1. The summed E-state index contributed by atoms with van der Waals surface area (Å²) in [6.45, 7) is 1.75. The highest BCUT2D eigenvalue weighted by Gasteiger charge is 2.17. The van der Waals surface area contributed by atoms with Gasteiger partial charge in [-0.1, -0.05) is 12.1 Å². The molecular weight excluding hydrogens is 302 g/mol. The first-order valence-corrected chi connectivity index (χ1v) is 7.37. The minimum atomic E-state index is -0.189. The van der Waals surface area contributed by atoms with Crippen LogP contribution in [0, 0.1) is 11.3 Å². The predicted octanol–water partition coefficient (Wildman–Crippen LogP) is 2.64. The number of fused-ring (bicyclic) bond motifs is 1. The number of anilines is 2. The first-order valence-electron chi connectivity index (χ1n) is 7.37.